The van der Waals surface area contributed by atoms with Crippen LogP contribution in [-0.4, -0.2) is 87.7 Å². The minimum atomic E-state index is -0.924. The summed E-state index contributed by atoms with van der Waals surface area (Å²) in [5.41, 5.74) is 14.5. The first-order chi connectivity index (χ1) is 22.9. The van der Waals surface area contributed by atoms with E-state index in [0.717, 1.165) is 59.7 Å². The normalized spacial score (nSPS) is 19.9. The van der Waals surface area contributed by atoms with Crippen LogP contribution < -0.4 is 22.1 Å². The molecule has 1 atom stereocenters. The second kappa shape index (κ2) is 13.8. The van der Waals surface area contributed by atoms with Crippen molar-refractivity contribution in [3.8, 4) is 11.3 Å². The highest BCUT2D eigenvalue weighted by Gasteiger charge is 2.35. The number of hydrazine groups is 2. The smallest absolute Gasteiger partial charge is 0.410 e. The number of H-pyrrole nitrogens is 1. The standard InChI is InChI=1S/C35H46N8O4/c1-24-20-25(21-29-32(24)38-39-37-29)22-31(33(44)41-16-10-27(11-17-41)40-14-6-3-7-15-40)47-35(46)42-18-12-28(13-19-42)43-23-30(36-34(43)45)26-8-4-2-5-9-26/h2,4-5,8-9,20-21,23,27-28,31,37-39H,3,6-7,10-19,22H2,1H3,(H,36,45). The summed E-state index contributed by atoms with van der Waals surface area (Å²) in [7, 11) is 0. The number of aromatic nitrogens is 2. The number of carbonyl (C=O) groups is 2. The highest BCUT2D eigenvalue weighted by atomic mass is 16.6. The minimum absolute atomic E-state index is 0.0250. The summed E-state index contributed by atoms with van der Waals surface area (Å²) in [5, 5.41) is 0. The third-order valence-electron chi connectivity index (χ3n) is 10.3. The fourth-order valence-electron chi connectivity index (χ4n) is 7.71. The van der Waals surface area contributed by atoms with Crippen LogP contribution in [0.4, 0.5) is 16.2 Å². The maximum atomic E-state index is 14.1. The van der Waals surface area contributed by atoms with Crippen molar-refractivity contribution >= 4 is 23.4 Å². The van der Waals surface area contributed by atoms with Gasteiger partial charge in [0.25, 0.3) is 5.91 Å². The minimum Gasteiger partial charge on any atom is -0.436 e. The summed E-state index contributed by atoms with van der Waals surface area (Å²) in [5.74, 6) is -0.125. The lowest BCUT2D eigenvalue weighted by atomic mass is 9.98. The highest BCUT2D eigenvalue weighted by Crippen LogP contribution is 2.31. The van der Waals surface area contributed by atoms with Gasteiger partial charge in [0, 0.05) is 50.9 Å². The van der Waals surface area contributed by atoms with Crippen molar-refractivity contribution in [3.05, 3.63) is 70.3 Å². The summed E-state index contributed by atoms with van der Waals surface area (Å²) >= 11 is 0. The van der Waals surface area contributed by atoms with E-state index in [2.05, 4.69) is 26.3 Å². The molecule has 3 saturated heterocycles. The largest absolute Gasteiger partial charge is 0.436 e. The molecular formula is C35H46N8O4. The molecule has 4 aliphatic rings. The van der Waals surface area contributed by atoms with Crippen LogP contribution in [-0.2, 0) is 16.0 Å². The van der Waals surface area contributed by atoms with Gasteiger partial charge in [0.1, 0.15) is 0 Å². The molecule has 0 aliphatic carbocycles. The fraction of sp³-hybridized carbons (Fsp3) is 0.514. The van der Waals surface area contributed by atoms with Crippen LogP contribution in [0, 0.1) is 6.92 Å². The summed E-state index contributed by atoms with van der Waals surface area (Å²) in [4.78, 5) is 49.6. The van der Waals surface area contributed by atoms with E-state index in [1.807, 2.05) is 60.5 Å². The topological polar surface area (TPSA) is 127 Å². The van der Waals surface area contributed by atoms with Gasteiger partial charge in [0.15, 0.2) is 6.10 Å². The molecule has 5 heterocycles. The van der Waals surface area contributed by atoms with Gasteiger partial charge in [-0.2, -0.15) is 0 Å². The Morgan fingerprint density at radius 3 is 2.32 bits per heavy atom. The number of piperidine rings is 3. The first-order valence-corrected chi connectivity index (χ1v) is 17.2. The number of hydrogen-bond acceptors (Lipinski definition) is 8. The van der Waals surface area contributed by atoms with Crippen LogP contribution in [0.25, 0.3) is 11.3 Å². The van der Waals surface area contributed by atoms with Gasteiger partial charge in [-0.15, -0.1) is 5.53 Å². The average molecular weight is 643 g/mol. The molecule has 47 heavy (non-hydrogen) atoms. The molecule has 250 valence electrons. The lowest BCUT2D eigenvalue weighted by Crippen LogP contribution is -2.52. The zero-order valence-corrected chi connectivity index (χ0v) is 27.2. The number of nitrogens with one attached hydrogen (secondary N) is 4. The van der Waals surface area contributed by atoms with Gasteiger partial charge >= 0.3 is 11.8 Å². The third-order valence-corrected chi connectivity index (χ3v) is 10.3. The number of rotatable bonds is 7. The van der Waals surface area contributed by atoms with Crippen LogP contribution >= 0.6 is 0 Å². The molecule has 0 radical (unpaired) electrons. The fourth-order valence-corrected chi connectivity index (χ4v) is 7.71. The third kappa shape index (κ3) is 6.89. The van der Waals surface area contributed by atoms with E-state index in [1.165, 1.54) is 19.3 Å². The molecule has 0 saturated carbocycles. The maximum Gasteiger partial charge on any atom is 0.410 e. The Balaban J connectivity index is 1.01. The van der Waals surface area contributed by atoms with Gasteiger partial charge in [-0.25, -0.2) is 9.59 Å². The van der Waals surface area contributed by atoms with Gasteiger partial charge in [0.2, 0.25) is 0 Å². The van der Waals surface area contributed by atoms with Crippen molar-refractivity contribution in [1.29, 1.82) is 0 Å². The van der Waals surface area contributed by atoms with Crippen molar-refractivity contribution in [3.63, 3.8) is 0 Å². The van der Waals surface area contributed by atoms with Crippen molar-refractivity contribution in [2.75, 3.05) is 50.1 Å². The van der Waals surface area contributed by atoms with Gasteiger partial charge in [0.05, 0.1) is 17.1 Å². The van der Waals surface area contributed by atoms with Gasteiger partial charge in [-0.05, 0) is 81.3 Å². The molecule has 0 bridgehead atoms. The second-order valence-electron chi connectivity index (χ2n) is 13.4. The number of benzene rings is 2. The number of ether oxygens (including phenoxy) is 1. The zero-order chi connectivity index (χ0) is 32.3. The molecule has 12 nitrogen and oxygen atoms in total. The number of hydrogen-bond donors (Lipinski definition) is 4. The molecule has 7 rings (SSSR count). The van der Waals surface area contributed by atoms with Crippen molar-refractivity contribution < 1.29 is 14.3 Å². The molecule has 2 amide bonds. The molecule has 3 fully saturated rings. The molecule has 1 unspecified atom stereocenters. The quantitative estimate of drug-likeness (QED) is 0.301. The Hall–Kier alpha value is -4.29. The predicted molar refractivity (Wildman–Crippen MR) is 181 cm³/mol. The van der Waals surface area contributed by atoms with Crippen LogP contribution in [0.3, 0.4) is 0 Å². The number of aryl methyl sites for hydroxylation is 1. The monoisotopic (exact) mass is 642 g/mol. The van der Waals surface area contributed by atoms with Crippen molar-refractivity contribution in [2.45, 2.75) is 76.5 Å². The number of fused-ring (bicyclic) bond motifs is 1. The summed E-state index contributed by atoms with van der Waals surface area (Å²) in [6.45, 7) is 6.56. The number of amides is 2. The van der Waals surface area contributed by atoms with Crippen molar-refractivity contribution in [2.24, 2.45) is 0 Å². The SMILES string of the molecule is Cc1cc(CC(OC(=O)N2CCC(n3cc(-c4ccccc4)[nH]c3=O)CC2)C(=O)N2CCC(N3CCCCC3)CC2)cc2c1NNN2. The van der Waals surface area contributed by atoms with E-state index in [9.17, 15) is 14.4 Å². The van der Waals surface area contributed by atoms with Gasteiger partial charge < -0.3 is 35.3 Å². The molecule has 1 aromatic heterocycles. The average Bonchev–Trinajstić information content (AvgIpc) is 3.76. The first kappa shape index (κ1) is 31.3. The Morgan fingerprint density at radius 2 is 1.57 bits per heavy atom. The molecule has 0 spiro atoms. The molecule has 4 aliphatic heterocycles. The Morgan fingerprint density at radius 1 is 0.872 bits per heavy atom. The Labute approximate surface area is 275 Å². The number of carbonyl (C=O) groups excluding carboxylic acids is 2. The summed E-state index contributed by atoms with van der Waals surface area (Å²) in [6, 6.07) is 14.3. The van der Waals surface area contributed by atoms with E-state index in [4.69, 9.17) is 4.74 Å². The first-order valence-electron chi connectivity index (χ1n) is 17.2. The van der Waals surface area contributed by atoms with E-state index in [-0.39, 0.29) is 17.6 Å². The van der Waals surface area contributed by atoms with Gasteiger partial charge in [-0.3, -0.25) is 9.36 Å². The van der Waals surface area contributed by atoms with E-state index < -0.39 is 12.2 Å². The molecular weight excluding hydrogens is 596 g/mol. The second-order valence-corrected chi connectivity index (χ2v) is 13.4. The number of likely N-dealkylation sites (tertiary alicyclic amines) is 3. The Bertz CT molecular complexity index is 1620. The zero-order valence-electron chi connectivity index (χ0n) is 27.2. The maximum absolute atomic E-state index is 14.1. The summed E-state index contributed by atoms with van der Waals surface area (Å²) in [6.07, 6.45) is 7.73. The molecule has 4 N–H and O–H groups in total. The summed E-state index contributed by atoms with van der Waals surface area (Å²) < 4.78 is 7.85. The molecule has 2 aromatic carbocycles. The molecule has 3 aromatic rings. The lowest BCUT2D eigenvalue weighted by Gasteiger charge is -2.41. The van der Waals surface area contributed by atoms with Crippen LogP contribution in [0.1, 0.15) is 62.1 Å². The van der Waals surface area contributed by atoms with Crippen LogP contribution in [0.15, 0.2) is 53.5 Å². The van der Waals surface area contributed by atoms with Crippen LogP contribution in [0.2, 0.25) is 0 Å². The van der Waals surface area contributed by atoms with E-state index in [0.29, 0.717) is 51.5 Å². The van der Waals surface area contributed by atoms with Gasteiger partial charge in [-0.1, -0.05) is 42.8 Å². The number of aromatic amines is 1. The number of nitrogens with zero attached hydrogens (tertiary/aromatic N) is 4. The lowest BCUT2D eigenvalue weighted by molar-refractivity contribution is -0.142. The van der Waals surface area contributed by atoms with E-state index in [1.54, 1.807) is 9.47 Å². The Kier molecular flexibility index (Phi) is 9.21. The number of anilines is 2. The highest BCUT2D eigenvalue weighted by molar-refractivity contribution is 5.84. The molecule has 12 heteroatoms. The predicted octanol–water partition coefficient (Wildman–Crippen LogP) is 4.27. The van der Waals surface area contributed by atoms with Crippen molar-refractivity contribution in [1.82, 2.24) is 29.8 Å². The van der Waals surface area contributed by atoms with Crippen LogP contribution in [0.5, 0.6) is 0 Å². The van der Waals surface area contributed by atoms with E-state index >= 15 is 0 Å². The number of imidazole rings is 1.